The Morgan fingerprint density at radius 2 is 1.36 bits per heavy atom. The van der Waals surface area contributed by atoms with E-state index in [1.54, 1.807) is 22.2 Å². The molecule has 16 heteroatoms. The molecule has 0 fully saturated rings. The van der Waals surface area contributed by atoms with Crippen LogP contribution in [0, 0.1) is 0 Å². The summed E-state index contributed by atoms with van der Waals surface area (Å²) in [6, 6.07) is 19.6. The minimum atomic E-state index is -4.81. The number of carbonyl (C=O) groups is 2. The first kappa shape index (κ1) is 33.2. The predicted molar refractivity (Wildman–Crippen MR) is 160 cm³/mol. The molecule has 0 atom stereocenters. The Labute approximate surface area is 266 Å². The topological polar surface area (TPSA) is 114 Å². The number of thiazole rings is 1. The number of amides is 2. The highest BCUT2D eigenvalue weighted by Crippen LogP contribution is 2.32. The molecule has 2 N–H and O–H groups in total. The lowest BCUT2D eigenvalue weighted by Gasteiger charge is -2.13. The predicted octanol–water partition coefficient (Wildman–Crippen LogP) is 7.77. The van der Waals surface area contributed by atoms with E-state index in [2.05, 4.69) is 15.0 Å². The molecule has 0 saturated carbocycles. The maximum absolute atomic E-state index is 13.0. The molecule has 1 heterocycles. The number of hydrogen-bond donors (Lipinski definition) is 2. The fraction of sp³-hybridized carbons (Fsp3) is 0.0645. The molecule has 47 heavy (non-hydrogen) atoms. The van der Waals surface area contributed by atoms with Gasteiger partial charge in [-0.15, -0.1) is 24.5 Å². The van der Waals surface area contributed by atoms with E-state index in [9.17, 15) is 44.3 Å². The van der Waals surface area contributed by atoms with Gasteiger partial charge in [-0.1, -0.05) is 24.3 Å². The molecule has 1 aromatic heterocycles. The Kier molecular flexibility index (Phi) is 9.09. The Morgan fingerprint density at radius 3 is 1.98 bits per heavy atom. The van der Waals surface area contributed by atoms with Crippen molar-refractivity contribution in [1.82, 2.24) is 9.71 Å². The first-order valence-electron chi connectivity index (χ1n) is 13.2. The highest BCUT2D eigenvalue weighted by atomic mass is 32.2. The van der Waals surface area contributed by atoms with Gasteiger partial charge >= 0.3 is 12.5 Å². The molecular weight excluding hydrogens is 672 g/mol. The van der Waals surface area contributed by atoms with Crippen molar-refractivity contribution in [2.45, 2.75) is 17.4 Å². The minimum Gasteiger partial charge on any atom is -0.406 e. The SMILES string of the molecule is O=C(Nc1ccccc1C(=O)NS(=O)(=O)c1ccc(C(F)(F)F)cc1)c1ccc(-c2nc(-c3ccc(OC(F)(F)F)cc3)cs2)cc1. The molecular formula is C31H19F6N3O5S2. The number of rotatable bonds is 8. The number of hydrogen-bond acceptors (Lipinski definition) is 7. The summed E-state index contributed by atoms with van der Waals surface area (Å²) in [6.07, 6.45) is -9.48. The van der Waals surface area contributed by atoms with Gasteiger partial charge in [0.15, 0.2) is 0 Å². The van der Waals surface area contributed by atoms with Gasteiger partial charge in [-0.25, -0.2) is 18.1 Å². The fourth-order valence-electron chi connectivity index (χ4n) is 4.17. The van der Waals surface area contributed by atoms with Crippen LogP contribution in [-0.4, -0.2) is 31.6 Å². The molecule has 0 spiro atoms. The van der Waals surface area contributed by atoms with E-state index in [-0.39, 0.29) is 22.6 Å². The van der Waals surface area contributed by atoms with Crippen LogP contribution in [0.1, 0.15) is 26.3 Å². The number of nitrogens with zero attached hydrogens (tertiary/aromatic N) is 1. The van der Waals surface area contributed by atoms with Crippen molar-refractivity contribution >= 4 is 38.9 Å². The van der Waals surface area contributed by atoms with Crippen LogP contribution in [0.5, 0.6) is 5.75 Å². The third-order valence-corrected chi connectivity index (χ3v) is 8.66. The Balaban J connectivity index is 1.26. The molecule has 0 aliphatic rings. The average Bonchev–Trinajstić information content (AvgIpc) is 3.51. The Hall–Kier alpha value is -5.22. The van der Waals surface area contributed by atoms with Gasteiger partial charge in [0.2, 0.25) is 0 Å². The third kappa shape index (κ3) is 8.14. The summed E-state index contributed by atoms with van der Waals surface area (Å²) in [5.41, 5.74) is 0.585. The van der Waals surface area contributed by atoms with Crippen LogP contribution in [0.25, 0.3) is 21.8 Å². The summed E-state index contributed by atoms with van der Waals surface area (Å²) >= 11 is 1.27. The van der Waals surface area contributed by atoms with Crippen LogP contribution in [0.15, 0.2) is 107 Å². The van der Waals surface area contributed by atoms with Crippen molar-refractivity contribution in [2.24, 2.45) is 0 Å². The lowest BCUT2D eigenvalue weighted by atomic mass is 10.1. The van der Waals surface area contributed by atoms with E-state index in [0.29, 0.717) is 34.0 Å². The van der Waals surface area contributed by atoms with E-state index < -0.39 is 44.8 Å². The Bertz CT molecular complexity index is 2030. The molecule has 5 aromatic rings. The summed E-state index contributed by atoms with van der Waals surface area (Å²) in [5, 5.41) is 4.83. The van der Waals surface area contributed by atoms with Crippen molar-refractivity contribution < 1.29 is 49.1 Å². The third-order valence-electron chi connectivity index (χ3n) is 6.42. The quantitative estimate of drug-likeness (QED) is 0.161. The van der Waals surface area contributed by atoms with Gasteiger partial charge in [-0.3, -0.25) is 9.59 Å². The van der Waals surface area contributed by atoms with E-state index in [1.165, 1.54) is 72.0 Å². The average molecular weight is 692 g/mol. The molecule has 0 aliphatic heterocycles. The lowest BCUT2D eigenvalue weighted by Crippen LogP contribution is -2.31. The zero-order chi connectivity index (χ0) is 34.0. The molecule has 242 valence electrons. The van der Waals surface area contributed by atoms with Gasteiger partial charge in [0.1, 0.15) is 10.8 Å². The van der Waals surface area contributed by atoms with Gasteiger partial charge < -0.3 is 10.1 Å². The van der Waals surface area contributed by atoms with E-state index in [1.807, 2.05) is 0 Å². The first-order valence-corrected chi connectivity index (χ1v) is 15.5. The highest BCUT2D eigenvalue weighted by Gasteiger charge is 2.32. The summed E-state index contributed by atoms with van der Waals surface area (Å²) in [6.45, 7) is 0. The van der Waals surface area contributed by atoms with Gasteiger partial charge in [-0.05, 0) is 72.8 Å². The summed E-state index contributed by atoms with van der Waals surface area (Å²) in [4.78, 5) is 29.8. The van der Waals surface area contributed by atoms with Crippen molar-refractivity contribution in [2.75, 3.05) is 5.32 Å². The summed E-state index contributed by atoms with van der Waals surface area (Å²) in [7, 11) is -4.55. The van der Waals surface area contributed by atoms with E-state index in [4.69, 9.17) is 0 Å². The van der Waals surface area contributed by atoms with Gasteiger partial charge in [-0.2, -0.15) is 13.2 Å². The molecule has 0 aliphatic carbocycles. The molecule has 4 aromatic carbocycles. The Morgan fingerprint density at radius 1 is 0.745 bits per heavy atom. The van der Waals surface area contributed by atoms with Crippen LogP contribution >= 0.6 is 11.3 Å². The van der Waals surface area contributed by atoms with Crippen molar-refractivity contribution in [3.05, 3.63) is 119 Å². The number of aromatic nitrogens is 1. The van der Waals surface area contributed by atoms with Crippen LogP contribution in [0.4, 0.5) is 32.0 Å². The largest absolute Gasteiger partial charge is 0.573 e. The minimum absolute atomic E-state index is 0.0297. The number of sulfonamides is 1. The maximum atomic E-state index is 13.0. The second kappa shape index (κ2) is 12.9. The molecule has 0 unspecified atom stereocenters. The van der Waals surface area contributed by atoms with Crippen LogP contribution in [0.2, 0.25) is 0 Å². The number of carbonyl (C=O) groups excluding carboxylic acids is 2. The smallest absolute Gasteiger partial charge is 0.406 e. The normalized spacial score (nSPS) is 12.0. The monoisotopic (exact) mass is 691 g/mol. The van der Waals surface area contributed by atoms with Crippen LogP contribution in [-0.2, 0) is 16.2 Å². The van der Waals surface area contributed by atoms with Crippen molar-refractivity contribution in [3.8, 4) is 27.6 Å². The fourth-order valence-corrected chi connectivity index (χ4v) is 5.98. The molecule has 0 bridgehead atoms. The van der Waals surface area contributed by atoms with Gasteiger partial charge in [0.25, 0.3) is 21.8 Å². The first-order chi connectivity index (χ1) is 22.1. The number of benzene rings is 4. The zero-order valence-electron chi connectivity index (χ0n) is 23.4. The number of halogens is 6. The van der Waals surface area contributed by atoms with Gasteiger partial charge in [0, 0.05) is 22.1 Å². The molecule has 0 saturated heterocycles. The molecule has 0 radical (unpaired) electrons. The number of anilines is 1. The van der Waals surface area contributed by atoms with Crippen LogP contribution < -0.4 is 14.8 Å². The zero-order valence-corrected chi connectivity index (χ0v) is 25.0. The van der Waals surface area contributed by atoms with E-state index in [0.717, 1.165) is 12.1 Å². The lowest BCUT2D eigenvalue weighted by molar-refractivity contribution is -0.274. The van der Waals surface area contributed by atoms with Crippen LogP contribution in [0.3, 0.4) is 0 Å². The summed E-state index contributed by atoms with van der Waals surface area (Å²) < 4.78 is 107. The van der Waals surface area contributed by atoms with Gasteiger partial charge in [0.05, 0.1) is 27.4 Å². The second-order valence-electron chi connectivity index (χ2n) is 9.64. The van der Waals surface area contributed by atoms with Crippen molar-refractivity contribution in [1.29, 1.82) is 0 Å². The molecule has 5 rings (SSSR count). The number of para-hydroxylation sites is 1. The molecule has 8 nitrogen and oxygen atoms in total. The second-order valence-corrected chi connectivity index (χ2v) is 12.2. The highest BCUT2D eigenvalue weighted by molar-refractivity contribution is 7.90. The number of nitrogens with one attached hydrogen (secondary N) is 2. The summed E-state index contributed by atoms with van der Waals surface area (Å²) in [5.74, 6) is -2.13. The van der Waals surface area contributed by atoms with E-state index >= 15 is 0 Å². The standard InChI is InChI=1S/C31H19F6N3O5S2/c32-30(33,34)21-11-15-23(16-12-21)47(43,44)40-28(42)24-3-1-2-4-25(24)38-27(41)19-5-7-20(8-6-19)29-39-26(17-46-29)18-9-13-22(14-10-18)45-31(35,36)37/h1-17H,(H,38,41)(H,40,42). The maximum Gasteiger partial charge on any atom is 0.573 e. The number of ether oxygens (including phenoxy) is 1. The molecule has 2 amide bonds. The van der Waals surface area contributed by atoms with Crippen molar-refractivity contribution in [3.63, 3.8) is 0 Å². The number of alkyl halides is 6.